The molecule has 4 N–H and O–H groups in total. The fraction of sp³-hybridized carbons (Fsp3) is 0.273. The zero-order valence-corrected chi connectivity index (χ0v) is 18.7. The molecule has 3 atom stereocenters. The van der Waals surface area contributed by atoms with Crippen LogP contribution in [0.25, 0.3) is 23.6 Å². The van der Waals surface area contributed by atoms with E-state index in [9.17, 15) is 4.79 Å². The number of hydrogen-bond donors (Lipinski definition) is 0. The predicted octanol–water partition coefficient (Wildman–Crippen LogP) is 6.14. The summed E-state index contributed by atoms with van der Waals surface area (Å²) in [6.07, 6.45) is 8.24. The largest absolute Gasteiger partial charge is 0.693 e. The number of allylic oxidation sites excluding steroid dienone is 2. The number of aromatic nitrogens is 1. The van der Waals surface area contributed by atoms with Gasteiger partial charge in [0.1, 0.15) is 0 Å². The molecule has 1 radical (unpaired) electrons. The van der Waals surface area contributed by atoms with Crippen molar-refractivity contribution >= 4 is 5.97 Å². The number of hydrogen-bond acceptors (Lipinski definition) is 3. The van der Waals surface area contributed by atoms with Gasteiger partial charge in [-0.25, -0.2) is 0 Å². The van der Waals surface area contributed by atoms with Gasteiger partial charge < -0.3 is 36.9 Å². The second-order valence-electron chi connectivity index (χ2n) is 6.32. The van der Waals surface area contributed by atoms with Crippen LogP contribution in [0.3, 0.4) is 0 Å². The summed E-state index contributed by atoms with van der Waals surface area (Å²) < 4.78 is 5.50. The van der Waals surface area contributed by atoms with Crippen molar-refractivity contribution in [2.24, 2.45) is 17.8 Å². The molecule has 4 rings (SSSR count). The molecule has 2 aliphatic carbocycles. The normalized spacial score (nSPS) is 20.4. The average Bonchev–Trinajstić information content (AvgIpc) is 3.24. The van der Waals surface area contributed by atoms with Crippen LogP contribution >= 0.6 is 0 Å². The van der Waals surface area contributed by atoms with Crippen LogP contribution in [0.15, 0.2) is 54.7 Å². The van der Waals surface area contributed by atoms with Crippen LogP contribution < -0.4 is 0 Å². The van der Waals surface area contributed by atoms with Crippen molar-refractivity contribution in [2.75, 3.05) is 0 Å². The maximum Gasteiger partial charge on any atom is 0.309 e. The molecule has 2 bridgehead atoms. The Kier molecular flexibility index (Phi) is 12.7. The molecule has 2 aromatic rings. The summed E-state index contributed by atoms with van der Waals surface area (Å²) in [6.45, 7) is 0.315. The molecular formula is C22H28IrN3O2-5. The van der Waals surface area contributed by atoms with Crippen LogP contribution in [-0.2, 0) is 36.2 Å². The minimum atomic E-state index is -0.0596. The summed E-state index contributed by atoms with van der Waals surface area (Å²) in [5, 5.41) is 0. The third-order valence-corrected chi connectivity index (χ3v) is 4.78. The quantitative estimate of drug-likeness (QED) is 0.256. The third-order valence-electron chi connectivity index (χ3n) is 4.78. The second kappa shape index (κ2) is 12.6. The van der Waals surface area contributed by atoms with Gasteiger partial charge in [-0.05, 0) is 36.4 Å². The standard InChI is InChI=1S/C20H18NO2.2CH3.Ir.2H2N/c22-20(18-12-15-6-9-17(18)11-15)23-13-14-4-7-16(8-5-14)19-3-1-2-10-21-19;;;;;/h1-7,9-10,15,17-18H,11-13H2;2*1H3;;2*1H2/q3*-1;;2*-1. The van der Waals surface area contributed by atoms with Gasteiger partial charge in [0.15, 0.2) is 0 Å². The first-order valence-corrected chi connectivity index (χ1v) is 8.06. The van der Waals surface area contributed by atoms with E-state index in [0.717, 1.165) is 29.7 Å². The van der Waals surface area contributed by atoms with Crippen molar-refractivity contribution in [2.45, 2.75) is 19.4 Å². The van der Waals surface area contributed by atoms with Crippen LogP contribution in [0.4, 0.5) is 0 Å². The number of nitrogens with zero attached hydrogens (tertiary/aromatic N) is 1. The number of pyridine rings is 1. The summed E-state index contributed by atoms with van der Waals surface area (Å²) in [6, 6.07) is 14.8. The third kappa shape index (κ3) is 6.08. The Balaban J connectivity index is 0. The number of carbonyl (C=O) groups excluding carboxylic acids is 1. The first kappa shape index (κ1) is 28.4. The second-order valence-corrected chi connectivity index (χ2v) is 6.32. The zero-order chi connectivity index (χ0) is 15.6. The van der Waals surface area contributed by atoms with E-state index in [2.05, 4.69) is 23.2 Å². The van der Waals surface area contributed by atoms with Crippen molar-refractivity contribution in [1.82, 2.24) is 4.98 Å². The minimum Gasteiger partial charge on any atom is -0.693 e. The Labute approximate surface area is 182 Å². The SMILES string of the molecule is O=C(OCc1c[c-]c(-c2ccccn2)cc1)C1CC2C=CC1C2.[CH3-].[CH3-].[Ir].[NH2-].[NH2-]. The monoisotopic (exact) mass is 559 g/mol. The zero-order valence-electron chi connectivity index (χ0n) is 16.3. The van der Waals surface area contributed by atoms with Crippen molar-refractivity contribution in [3.63, 3.8) is 0 Å². The summed E-state index contributed by atoms with van der Waals surface area (Å²) in [5.74, 6) is 0.978. The van der Waals surface area contributed by atoms with Gasteiger partial charge in [0.25, 0.3) is 0 Å². The minimum absolute atomic E-state index is 0. The molecule has 0 saturated heterocycles. The number of fused-ring (bicyclic) bond motifs is 2. The topological polar surface area (TPSA) is 106 Å². The number of esters is 1. The van der Waals surface area contributed by atoms with E-state index in [1.54, 1.807) is 6.20 Å². The molecule has 1 fully saturated rings. The predicted molar refractivity (Wildman–Crippen MR) is 111 cm³/mol. The molecule has 1 aromatic carbocycles. The molecular weight excluding hydrogens is 530 g/mol. The van der Waals surface area contributed by atoms with Crippen LogP contribution in [0.5, 0.6) is 0 Å². The van der Waals surface area contributed by atoms with Gasteiger partial charge in [-0.2, -0.15) is 0 Å². The number of nitrogens with two attached hydrogens (primary N) is 2. The van der Waals surface area contributed by atoms with E-state index in [1.807, 2.05) is 36.4 Å². The van der Waals surface area contributed by atoms with Crippen molar-refractivity contribution in [3.8, 4) is 11.3 Å². The van der Waals surface area contributed by atoms with E-state index in [-0.39, 0.29) is 59.1 Å². The fourth-order valence-corrected chi connectivity index (χ4v) is 3.54. The van der Waals surface area contributed by atoms with E-state index in [0.29, 0.717) is 18.4 Å². The van der Waals surface area contributed by atoms with Crippen LogP contribution in [0, 0.1) is 38.7 Å². The van der Waals surface area contributed by atoms with Gasteiger partial charge in [-0.3, -0.25) is 4.79 Å². The molecule has 1 heterocycles. The van der Waals surface area contributed by atoms with Gasteiger partial charge >= 0.3 is 5.97 Å². The summed E-state index contributed by atoms with van der Waals surface area (Å²) >= 11 is 0. The molecule has 6 heteroatoms. The van der Waals surface area contributed by atoms with E-state index in [4.69, 9.17) is 4.74 Å². The molecule has 3 unspecified atom stereocenters. The van der Waals surface area contributed by atoms with E-state index < -0.39 is 0 Å². The number of ether oxygens (including phenoxy) is 1. The molecule has 1 saturated carbocycles. The number of rotatable bonds is 4. The van der Waals surface area contributed by atoms with E-state index in [1.165, 1.54) is 0 Å². The summed E-state index contributed by atoms with van der Waals surface area (Å²) in [7, 11) is 0. The van der Waals surface area contributed by atoms with Crippen LogP contribution in [0.1, 0.15) is 18.4 Å². The molecule has 1 aromatic heterocycles. The Morgan fingerprint density at radius 2 is 1.89 bits per heavy atom. The molecule has 0 aliphatic heterocycles. The molecule has 2 aliphatic rings. The van der Waals surface area contributed by atoms with Gasteiger partial charge in [-0.1, -0.05) is 29.8 Å². The maximum atomic E-state index is 12.2. The first-order chi connectivity index (χ1) is 11.3. The molecule has 157 valence electrons. The molecule has 5 nitrogen and oxygen atoms in total. The van der Waals surface area contributed by atoms with Crippen molar-refractivity contribution < 1.29 is 29.6 Å². The molecule has 0 spiro atoms. The van der Waals surface area contributed by atoms with E-state index >= 15 is 0 Å². The summed E-state index contributed by atoms with van der Waals surface area (Å²) in [4.78, 5) is 16.5. The van der Waals surface area contributed by atoms with Crippen LogP contribution in [0.2, 0.25) is 0 Å². The average molecular weight is 559 g/mol. The smallest absolute Gasteiger partial charge is 0.309 e. The van der Waals surface area contributed by atoms with Gasteiger partial charge in [0, 0.05) is 26.3 Å². The van der Waals surface area contributed by atoms with Crippen molar-refractivity contribution in [3.05, 3.63) is 93.5 Å². The number of benzene rings is 1. The first-order valence-electron chi connectivity index (χ1n) is 8.06. The van der Waals surface area contributed by atoms with Gasteiger partial charge in [0.05, 0.1) is 12.5 Å². The van der Waals surface area contributed by atoms with Crippen molar-refractivity contribution in [1.29, 1.82) is 0 Å². The Hall–Kier alpha value is -1.85. The maximum absolute atomic E-state index is 12.2. The number of carbonyl (C=O) groups is 1. The summed E-state index contributed by atoms with van der Waals surface area (Å²) in [5.41, 5.74) is 2.79. The van der Waals surface area contributed by atoms with Gasteiger partial charge in [0.2, 0.25) is 0 Å². The Morgan fingerprint density at radius 1 is 1.11 bits per heavy atom. The Bertz CT molecular complexity index is 735. The Morgan fingerprint density at radius 3 is 2.43 bits per heavy atom. The fourth-order valence-electron chi connectivity index (χ4n) is 3.54. The van der Waals surface area contributed by atoms with Gasteiger partial charge in [-0.15, -0.1) is 29.8 Å². The van der Waals surface area contributed by atoms with Crippen LogP contribution in [-0.4, -0.2) is 11.0 Å². The molecule has 0 amide bonds. The molecule has 28 heavy (non-hydrogen) atoms.